The lowest BCUT2D eigenvalue weighted by atomic mass is 10.1. The highest BCUT2D eigenvalue weighted by atomic mass is 32.1. The molecule has 31 heavy (non-hydrogen) atoms. The number of halogens is 1. The molecule has 0 fully saturated rings. The lowest BCUT2D eigenvalue weighted by Gasteiger charge is -2.20. The van der Waals surface area contributed by atoms with Crippen molar-refractivity contribution in [2.45, 2.75) is 20.3 Å². The van der Waals surface area contributed by atoms with Crippen LogP contribution in [0.5, 0.6) is 5.75 Å². The first kappa shape index (κ1) is 22.4. The molecule has 1 amide bonds. The number of benzene rings is 2. The smallest absolute Gasteiger partial charge is 0.358 e. The van der Waals surface area contributed by atoms with Gasteiger partial charge in [-0.1, -0.05) is 36.4 Å². The standard InChI is InChI=1S/C23H23FN2O4S/c1-3-29-22(28)21-16(2)31-23(25-21)26(13-12-17-8-5-4-6-9-17)20(27)15-30-19-11-7-10-18(24)14-19/h4-11,14H,3,12-13,15H2,1-2H3. The van der Waals surface area contributed by atoms with E-state index in [0.717, 1.165) is 5.56 Å². The molecule has 8 heteroatoms. The molecule has 162 valence electrons. The molecule has 1 heterocycles. The van der Waals surface area contributed by atoms with Gasteiger partial charge in [0.15, 0.2) is 17.4 Å². The maximum absolute atomic E-state index is 13.4. The van der Waals surface area contributed by atoms with Crippen molar-refractivity contribution in [3.63, 3.8) is 0 Å². The summed E-state index contributed by atoms with van der Waals surface area (Å²) in [5.74, 6) is -1.04. The van der Waals surface area contributed by atoms with Crippen LogP contribution in [0.2, 0.25) is 0 Å². The van der Waals surface area contributed by atoms with Crippen LogP contribution in [0, 0.1) is 12.7 Å². The van der Waals surface area contributed by atoms with E-state index in [2.05, 4.69) is 4.98 Å². The van der Waals surface area contributed by atoms with E-state index in [1.54, 1.807) is 19.9 Å². The molecule has 0 atom stereocenters. The van der Waals surface area contributed by atoms with E-state index in [1.807, 2.05) is 30.3 Å². The zero-order valence-electron chi connectivity index (χ0n) is 17.3. The zero-order chi connectivity index (χ0) is 22.2. The molecule has 0 spiro atoms. The third-order valence-electron chi connectivity index (χ3n) is 4.41. The Balaban J connectivity index is 1.79. The number of nitrogens with zero attached hydrogens (tertiary/aromatic N) is 2. The number of anilines is 1. The van der Waals surface area contributed by atoms with E-state index in [-0.39, 0.29) is 30.6 Å². The van der Waals surface area contributed by atoms with Crippen molar-refractivity contribution in [1.82, 2.24) is 4.98 Å². The Bertz CT molecular complexity index is 1040. The average molecular weight is 443 g/mol. The van der Waals surface area contributed by atoms with Gasteiger partial charge in [-0.25, -0.2) is 14.2 Å². The third kappa shape index (κ3) is 6.11. The van der Waals surface area contributed by atoms with Gasteiger partial charge in [0.2, 0.25) is 0 Å². The fourth-order valence-corrected chi connectivity index (χ4v) is 3.82. The summed E-state index contributed by atoms with van der Waals surface area (Å²) in [4.78, 5) is 31.7. The van der Waals surface area contributed by atoms with Gasteiger partial charge < -0.3 is 9.47 Å². The van der Waals surface area contributed by atoms with Crippen LogP contribution in [0.1, 0.15) is 27.9 Å². The predicted molar refractivity (Wildman–Crippen MR) is 117 cm³/mol. The highest BCUT2D eigenvalue weighted by molar-refractivity contribution is 7.16. The minimum absolute atomic E-state index is 0.199. The third-order valence-corrected chi connectivity index (χ3v) is 5.41. The van der Waals surface area contributed by atoms with Crippen molar-refractivity contribution >= 4 is 28.3 Å². The van der Waals surface area contributed by atoms with Crippen LogP contribution in [0.25, 0.3) is 0 Å². The topological polar surface area (TPSA) is 68.7 Å². The highest BCUT2D eigenvalue weighted by Crippen LogP contribution is 2.27. The average Bonchev–Trinajstić information content (AvgIpc) is 3.15. The summed E-state index contributed by atoms with van der Waals surface area (Å²) in [6.07, 6.45) is 0.597. The van der Waals surface area contributed by atoms with Gasteiger partial charge >= 0.3 is 5.97 Å². The molecule has 0 saturated heterocycles. The summed E-state index contributed by atoms with van der Waals surface area (Å²) in [6, 6.07) is 15.3. The van der Waals surface area contributed by atoms with Gasteiger partial charge in [-0.3, -0.25) is 9.69 Å². The Morgan fingerprint density at radius 1 is 1.13 bits per heavy atom. The summed E-state index contributed by atoms with van der Waals surface area (Å²) in [5, 5.41) is 0.393. The molecule has 0 aliphatic rings. The SMILES string of the molecule is CCOC(=O)c1nc(N(CCc2ccccc2)C(=O)COc2cccc(F)c2)sc1C. The van der Waals surface area contributed by atoms with Gasteiger partial charge in [-0.05, 0) is 38.0 Å². The molecule has 3 rings (SSSR count). The first-order valence-corrected chi connectivity index (χ1v) is 10.7. The number of aryl methyl sites for hydroxylation is 1. The summed E-state index contributed by atoms with van der Waals surface area (Å²) in [5.41, 5.74) is 1.26. The number of ether oxygens (including phenoxy) is 2. The van der Waals surface area contributed by atoms with E-state index in [1.165, 1.54) is 34.4 Å². The van der Waals surface area contributed by atoms with Crippen LogP contribution >= 0.6 is 11.3 Å². The van der Waals surface area contributed by atoms with Crippen LogP contribution in [0.3, 0.4) is 0 Å². The second kappa shape index (κ2) is 10.7. The first-order valence-electron chi connectivity index (χ1n) is 9.85. The van der Waals surface area contributed by atoms with E-state index in [4.69, 9.17) is 9.47 Å². The second-order valence-corrected chi connectivity index (χ2v) is 7.83. The number of amides is 1. The number of rotatable bonds is 9. The van der Waals surface area contributed by atoms with Crippen LogP contribution in [-0.2, 0) is 16.0 Å². The Morgan fingerprint density at radius 2 is 1.90 bits per heavy atom. The maximum atomic E-state index is 13.4. The molecule has 1 aromatic heterocycles. The zero-order valence-corrected chi connectivity index (χ0v) is 18.2. The fraction of sp³-hybridized carbons (Fsp3) is 0.261. The lowest BCUT2D eigenvalue weighted by molar-refractivity contribution is -0.120. The van der Waals surface area contributed by atoms with Crippen molar-refractivity contribution in [1.29, 1.82) is 0 Å². The Morgan fingerprint density at radius 3 is 2.61 bits per heavy atom. The number of carbonyl (C=O) groups is 2. The van der Waals surface area contributed by atoms with Crippen LogP contribution < -0.4 is 9.64 Å². The number of thiazole rings is 1. The van der Waals surface area contributed by atoms with E-state index in [0.29, 0.717) is 23.0 Å². The van der Waals surface area contributed by atoms with Crippen molar-refractivity contribution in [3.05, 3.63) is 76.5 Å². The molecule has 0 unspecified atom stereocenters. The molecule has 0 radical (unpaired) electrons. The fourth-order valence-electron chi connectivity index (χ4n) is 2.88. The second-order valence-electron chi connectivity index (χ2n) is 6.65. The number of aromatic nitrogens is 1. The molecule has 3 aromatic rings. The Hall–Kier alpha value is -3.26. The molecule has 0 N–H and O–H groups in total. The number of hydrogen-bond donors (Lipinski definition) is 0. The first-order chi connectivity index (χ1) is 15.0. The van der Waals surface area contributed by atoms with E-state index in [9.17, 15) is 14.0 Å². The van der Waals surface area contributed by atoms with Gasteiger partial charge in [0.05, 0.1) is 6.61 Å². The molecular weight excluding hydrogens is 419 g/mol. The van der Waals surface area contributed by atoms with Gasteiger partial charge in [-0.2, -0.15) is 0 Å². The lowest BCUT2D eigenvalue weighted by Crippen LogP contribution is -2.36. The van der Waals surface area contributed by atoms with Crippen LogP contribution in [0.4, 0.5) is 9.52 Å². The number of hydrogen-bond acceptors (Lipinski definition) is 6. The van der Waals surface area contributed by atoms with Crippen LogP contribution in [0.15, 0.2) is 54.6 Å². The van der Waals surface area contributed by atoms with Crippen molar-refractivity contribution in [2.24, 2.45) is 0 Å². The Kier molecular flexibility index (Phi) is 7.72. The minimum atomic E-state index is -0.519. The summed E-state index contributed by atoms with van der Waals surface area (Å²) >= 11 is 1.24. The van der Waals surface area contributed by atoms with Gasteiger partial charge in [0.25, 0.3) is 5.91 Å². The Labute approximate surface area is 184 Å². The molecular formula is C23H23FN2O4S. The molecule has 0 aliphatic carbocycles. The highest BCUT2D eigenvalue weighted by Gasteiger charge is 2.24. The molecule has 0 aliphatic heterocycles. The van der Waals surface area contributed by atoms with Gasteiger partial charge in [0.1, 0.15) is 11.6 Å². The molecule has 0 bridgehead atoms. The molecule has 2 aromatic carbocycles. The van der Waals surface area contributed by atoms with Gasteiger partial charge in [0, 0.05) is 17.5 Å². The summed E-state index contributed by atoms with van der Waals surface area (Å²) < 4.78 is 23.9. The van der Waals surface area contributed by atoms with Crippen molar-refractivity contribution < 1.29 is 23.5 Å². The van der Waals surface area contributed by atoms with E-state index >= 15 is 0 Å². The number of carbonyl (C=O) groups excluding carboxylic acids is 2. The van der Waals surface area contributed by atoms with E-state index < -0.39 is 11.8 Å². The molecule has 0 saturated carbocycles. The summed E-state index contributed by atoms with van der Waals surface area (Å²) in [6.45, 7) is 3.79. The largest absolute Gasteiger partial charge is 0.484 e. The summed E-state index contributed by atoms with van der Waals surface area (Å²) in [7, 11) is 0. The van der Waals surface area contributed by atoms with Crippen molar-refractivity contribution in [3.8, 4) is 5.75 Å². The normalized spacial score (nSPS) is 10.5. The predicted octanol–water partition coefficient (Wildman–Crippen LogP) is 4.42. The van der Waals surface area contributed by atoms with Crippen molar-refractivity contribution in [2.75, 3.05) is 24.7 Å². The minimum Gasteiger partial charge on any atom is -0.484 e. The maximum Gasteiger partial charge on any atom is 0.358 e. The quantitative estimate of drug-likeness (QED) is 0.459. The van der Waals surface area contributed by atoms with Crippen LogP contribution in [-0.4, -0.2) is 36.6 Å². The number of esters is 1. The molecule has 6 nitrogen and oxygen atoms in total. The monoisotopic (exact) mass is 442 g/mol. The van der Waals surface area contributed by atoms with Gasteiger partial charge in [-0.15, -0.1) is 11.3 Å².